The molecule has 0 saturated heterocycles. The average molecular weight is 623 g/mol. The van der Waals surface area contributed by atoms with Crippen LogP contribution in [0.1, 0.15) is 23.1 Å². The van der Waals surface area contributed by atoms with Gasteiger partial charge in [-0.05, 0) is 53.9 Å². The van der Waals surface area contributed by atoms with Gasteiger partial charge < -0.3 is 10.6 Å². The van der Waals surface area contributed by atoms with Crippen molar-refractivity contribution in [1.29, 1.82) is 0 Å². The molecule has 0 bridgehead atoms. The number of rotatable bonds is 10. The first-order valence-electron chi connectivity index (χ1n) is 13.2. The van der Waals surface area contributed by atoms with Crippen molar-refractivity contribution in [2.45, 2.75) is 30.3 Å². The summed E-state index contributed by atoms with van der Waals surface area (Å²) in [5.41, 5.74) is 2.77. The number of nitrogens with two attached hydrogens (primary N) is 1. The molecule has 5 rings (SSSR count). The summed E-state index contributed by atoms with van der Waals surface area (Å²) in [7, 11) is -3.78. The fourth-order valence-electron chi connectivity index (χ4n) is 4.53. The first kappa shape index (κ1) is 30.1. The van der Waals surface area contributed by atoms with Crippen LogP contribution >= 0.6 is 11.8 Å². The molecule has 0 aromatic heterocycles. The number of amidine groups is 2. The molecule has 3 amide bonds. The number of nitrogens with zero attached hydrogens (tertiary/aromatic N) is 3. The van der Waals surface area contributed by atoms with E-state index in [0.717, 1.165) is 17.3 Å². The van der Waals surface area contributed by atoms with Crippen molar-refractivity contribution >= 4 is 56.2 Å². The van der Waals surface area contributed by atoms with Crippen LogP contribution < -0.4 is 15.8 Å². The predicted molar refractivity (Wildman–Crippen MR) is 161 cm³/mol. The summed E-state index contributed by atoms with van der Waals surface area (Å²) >= 11 is 1.12. The minimum Gasteiger partial charge on any atom is -0.355 e. The third-order valence-corrected chi connectivity index (χ3v) is 8.59. The molecule has 2 heterocycles. The maximum Gasteiger partial charge on any atom is 0.271 e. The summed E-state index contributed by atoms with van der Waals surface area (Å²) in [5, 5.41) is 11.1. The second kappa shape index (κ2) is 12.9. The van der Waals surface area contributed by atoms with Crippen LogP contribution in [0.25, 0.3) is 0 Å². The second-order valence-electron chi connectivity index (χ2n) is 9.76. The normalized spacial score (nSPS) is 15.7. The molecule has 0 radical (unpaired) electrons. The highest BCUT2D eigenvalue weighted by molar-refractivity contribution is 8.14. The van der Waals surface area contributed by atoms with Crippen molar-refractivity contribution < 1.29 is 27.2 Å². The number of primary sulfonamides is 1. The van der Waals surface area contributed by atoms with Gasteiger partial charge in [0.25, 0.3) is 5.91 Å². The summed E-state index contributed by atoms with van der Waals surface area (Å²) < 4.78 is 36.0. The molecular formula is C29H27FN6O5S2. The van der Waals surface area contributed by atoms with E-state index < -0.39 is 27.9 Å². The van der Waals surface area contributed by atoms with E-state index in [2.05, 4.69) is 20.6 Å². The van der Waals surface area contributed by atoms with Crippen molar-refractivity contribution in [2.24, 2.45) is 15.1 Å². The van der Waals surface area contributed by atoms with E-state index in [0.29, 0.717) is 40.8 Å². The van der Waals surface area contributed by atoms with E-state index in [1.54, 1.807) is 53.4 Å². The van der Waals surface area contributed by atoms with Crippen LogP contribution in [-0.2, 0) is 37.4 Å². The SMILES string of the molecule is NS(=O)(=O)c1ccc(CCNC(=O)CSC2=Nc3ccccc3C3=NC(=O)C(CC(=O)NCc4ccc(F)cc4)N23)cc1. The minimum absolute atomic E-state index is 0.00713. The Bertz CT molecular complexity index is 1730. The highest BCUT2D eigenvalue weighted by Crippen LogP contribution is 2.34. The molecule has 2 aliphatic heterocycles. The number of carbonyl (C=O) groups excluding carboxylic acids is 3. The van der Waals surface area contributed by atoms with Gasteiger partial charge in [0.1, 0.15) is 17.7 Å². The minimum atomic E-state index is -3.78. The summed E-state index contributed by atoms with van der Waals surface area (Å²) in [6.45, 7) is 0.484. The smallest absolute Gasteiger partial charge is 0.271 e. The number of amides is 3. The fourth-order valence-corrected chi connectivity index (χ4v) is 5.92. The lowest BCUT2D eigenvalue weighted by Crippen LogP contribution is -2.46. The summed E-state index contributed by atoms with van der Waals surface area (Å²) in [6, 6.07) is 18.1. The second-order valence-corrected chi connectivity index (χ2v) is 12.3. The zero-order valence-electron chi connectivity index (χ0n) is 22.7. The van der Waals surface area contributed by atoms with Crippen molar-refractivity contribution in [2.75, 3.05) is 12.3 Å². The van der Waals surface area contributed by atoms with Gasteiger partial charge in [0.15, 0.2) is 5.17 Å². The van der Waals surface area contributed by atoms with Gasteiger partial charge in [-0.3, -0.25) is 19.3 Å². The number of aliphatic imine (C=N–C) groups is 2. The number of nitrogens with one attached hydrogen (secondary N) is 2. The van der Waals surface area contributed by atoms with Crippen LogP contribution in [0.15, 0.2) is 87.7 Å². The third-order valence-electron chi connectivity index (χ3n) is 6.71. The molecule has 222 valence electrons. The van der Waals surface area contributed by atoms with Crippen LogP contribution in [0, 0.1) is 5.82 Å². The summed E-state index contributed by atoms with van der Waals surface area (Å²) in [5.74, 6) is -1.17. The molecule has 1 atom stereocenters. The number of sulfonamides is 1. The van der Waals surface area contributed by atoms with Crippen LogP contribution in [0.3, 0.4) is 0 Å². The average Bonchev–Trinajstić information content (AvgIpc) is 3.31. The van der Waals surface area contributed by atoms with Gasteiger partial charge in [0.05, 0.1) is 22.8 Å². The number of carbonyl (C=O) groups is 3. The van der Waals surface area contributed by atoms with Crippen molar-refractivity contribution in [3.63, 3.8) is 0 Å². The number of halogens is 1. The Hall–Kier alpha value is -4.40. The number of thioether (sulfide) groups is 1. The molecule has 0 fully saturated rings. The quantitative estimate of drug-likeness (QED) is 0.312. The largest absolute Gasteiger partial charge is 0.355 e. The van der Waals surface area contributed by atoms with Crippen LogP contribution in [0.5, 0.6) is 0 Å². The molecule has 3 aromatic rings. The zero-order valence-corrected chi connectivity index (χ0v) is 24.3. The Morgan fingerprint density at radius 2 is 1.63 bits per heavy atom. The Morgan fingerprint density at radius 1 is 0.930 bits per heavy atom. The monoisotopic (exact) mass is 622 g/mol. The van der Waals surface area contributed by atoms with Gasteiger partial charge in [-0.1, -0.05) is 48.2 Å². The standard InChI is InChI=1S/C29H27FN6O5S2/c30-20-9-5-19(6-10-20)16-33-25(37)15-24-28(39)35-27-22-3-1-2-4-23(22)34-29(36(24)27)42-17-26(38)32-14-13-18-7-11-21(12-8-18)43(31,40)41/h1-12,24H,13-17H2,(H,32,38)(H,33,37)(H2,31,40,41). The van der Waals surface area contributed by atoms with Crippen molar-refractivity contribution in [3.8, 4) is 0 Å². The van der Waals surface area contributed by atoms with E-state index >= 15 is 0 Å². The number of benzene rings is 3. The molecule has 0 aliphatic carbocycles. The molecule has 1 unspecified atom stereocenters. The number of para-hydroxylation sites is 1. The Balaban J connectivity index is 1.21. The molecule has 43 heavy (non-hydrogen) atoms. The molecule has 3 aromatic carbocycles. The molecule has 14 heteroatoms. The highest BCUT2D eigenvalue weighted by Gasteiger charge is 2.42. The molecule has 4 N–H and O–H groups in total. The zero-order chi connectivity index (χ0) is 30.6. The first-order valence-corrected chi connectivity index (χ1v) is 15.7. The third kappa shape index (κ3) is 7.34. The first-order chi connectivity index (χ1) is 20.6. The predicted octanol–water partition coefficient (Wildman–Crippen LogP) is 2.23. The van der Waals surface area contributed by atoms with Crippen molar-refractivity contribution in [3.05, 3.63) is 95.3 Å². The van der Waals surface area contributed by atoms with E-state index in [9.17, 15) is 27.2 Å². The summed E-state index contributed by atoms with van der Waals surface area (Å²) in [4.78, 5) is 49.0. The lowest BCUT2D eigenvalue weighted by molar-refractivity contribution is -0.126. The molecule has 11 nitrogen and oxygen atoms in total. The maximum absolute atomic E-state index is 13.2. The highest BCUT2D eigenvalue weighted by atomic mass is 32.2. The van der Waals surface area contributed by atoms with Gasteiger partial charge in [-0.2, -0.15) is 4.99 Å². The van der Waals surface area contributed by atoms with Crippen molar-refractivity contribution in [1.82, 2.24) is 15.5 Å². The maximum atomic E-state index is 13.2. The Morgan fingerprint density at radius 3 is 2.35 bits per heavy atom. The Kier molecular flexibility index (Phi) is 8.99. The lowest BCUT2D eigenvalue weighted by atomic mass is 10.1. The van der Waals surface area contributed by atoms with Crippen LogP contribution in [0.2, 0.25) is 0 Å². The number of hydrogen-bond donors (Lipinski definition) is 3. The van der Waals surface area contributed by atoms with Gasteiger partial charge in [-0.25, -0.2) is 22.9 Å². The molecule has 0 spiro atoms. The van der Waals surface area contributed by atoms with E-state index in [-0.39, 0.29) is 35.3 Å². The van der Waals surface area contributed by atoms with Gasteiger partial charge in [0, 0.05) is 18.7 Å². The van der Waals surface area contributed by atoms with Gasteiger partial charge in [0.2, 0.25) is 21.8 Å². The summed E-state index contributed by atoms with van der Waals surface area (Å²) in [6.07, 6.45) is 0.285. The van der Waals surface area contributed by atoms with Crippen LogP contribution in [0.4, 0.5) is 10.1 Å². The number of hydrogen-bond acceptors (Lipinski definition) is 8. The number of fused-ring (bicyclic) bond motifs is 3. The molecule has 2 aliphatic rings. The topological polar surface area (TPSA) is 163 Å². The molecular weight excluding hydrogens is 595 g/mol. The van der Waals surface area contributed by atoms with Gasteiger partial charge >= 0.3 is 0 Å². The van der Waals surface area contributed by atoms with E-state index in [4.69, 9.17) is 5.14 Å². The van der Waals surface area contributed by atoms with Crippen LogP contribution in [-0.4, -0.2) is 60.4 Å². The van der Waals surface area contributed by atoms with Gasteiger partial charge in [-0.15, -0.1) is 0 Å². The lowest BCUT2D eigenvalue weighted by Gasteiger charge is -2.30. The van der Waals surface area contributed by atoms with E-state index in [1.807, 2.05) is 0 Å². The Labute approximate surface area is 251 Å². The fraction of sp³-hybridized carbons (Fsp3) is 0.207. The molecule has 0 saturated carbocycles. The van der Waals surface area contributed by atoms with E-state index in [1.165, 1.54) is 24.3 Å².